The Morgan fingerprint density at radius 2 is 0.110 bits per heavy atom. The van der Waals surface area contributed by atoms with Crippen molar-refractivity contribution in [3.8, 4) is 0 Å². The third kappa shape index (κ3) is 116. The van der Waals surface area contributed by atoms with Crippen molar-refractivity contribution in [1.29, 1.82) is 5.53 Å². The minimum absolute atomic E-state index is 1.33. The summed E-state index contributed by atoms with van der Waals surface area (Å²) in [7, 11) is 0. The molecule has 0 aliphatic rings. The second kappa shape index (κ2) is 116. The van der Waals surface area contributed by atoms with E-state index in [9.17, 15) is 0 Å². The number of nitrogens with one attached hydrogen (secondary N) is 1. The van der Waals surface area contributed by atoms with Crippen LogP contribution in [0.5, 0.6) is 0 Å². The van der Waals surface area contributed by atoms with Gasteiger partial charge in [-0.1, -0.05) is 0 Å². The van der Waals surface area contributed by atoms with Crippen LogP contribution in [0.4, 0.5) is 0 Å². The minimum atomic E-state index is 1.33. The molecule has 0 saturated heterocycles. The molecule has 0 heterocycles. The molecule has 728 valence electrons. The molecule has 0 unspecified atom stereocenters. The van der Waals surface area contributed by atoms with Gasteiger partial charge < -0.3 is 0 Å². The molecule has 0 rings (SSSR count). The van der Waals surface area contributed by atoms with E-state index < -0.39 is 0 Å². The van der Waals surface area contributed by atoms with Gasteiger partial charge in [0.25, 0.3) is 0 Å². The molecule has 0 radical (unpaired) electrons. The third-order valence-corrected chi connectivity index (χ3v) is 5.95. The second-order valence-corrected chi connectivity index (χ2v) is 13.4. The fraction of sp³-hybridized carbons (Fsp3) is 0. The zero-order valence-corrected chi connectivity index (χ0v) is 67.1. The van der Waals surface area contributed by atoms with Crippen LogP contribution >= 0.6 is 22.6 Å². The van der Waals surface area contributed by atoms with E-state index in [1.807, 2.05) is 22.6 Å². The quantitative estimate of drug-likeness (QED) is 0.0257. The van der Waals surface area contributed by atoms with E-state index in [4.69, 9.17) is 5.53 Å². The standard InChI is InChI=1S/CH2IN143/c2-1-4-6-8-10-12-14-16-18-20-22-24-26-28-30-32-34-36-38-40-42-44-46-48-50-52-54-56-58-60-62-64-66-68-70-72-74-76-78-80-82-84-86-88-90-92-94-96-98-100-102-104-106-108-110-112-114-116-118-120-122-124-126-128-130-132-134-136-138-140-142-144-145-143-141-139-137-135-133-131-129-127-125-123-121-119-117-115-113-111-109-107-105-103-101-99-97-95-93-91-89-87-85-83-81-79-77-75-73-71-69-67-65-63-61-59-57-55-53-51-49-47-45-43-41-39-37-35-33-31-29-27-25-23-21-19-17-15-13-11-9-7-5-3/h1,3H. The molecule has 143 nitrogen and oxygen atoms in total. The molecule has 0 fully saturated rings. The largest absolute Gasteiger partial charge is 0.183 e. The molecule has 144 heteroatoms. The Balaban J connectivity index is 4.14. The maximum absolute atomic E-state index is 6.28. The first kappa shape index (κ1) is 117. The van der Waals surface area contributed by atoms with Crippen molar-refractivity contribution < 1.29 is 0 Å². The van der Waals surface area contributed by atoms with Crippen LogP contribution in [0.1, 0.15) is 0 Å². The third-order valence-electron chi connectivity index (χ3n) is 5.70. The average molecular weight is 2140 g/mol. The Hall–Kier alpha value is -28.0. The average Bonchev–Trinajstić information content (AvgIpc) is 1.11. The maximum Gasteiger partial charge on any atom is 0.0897 e. The van der Waals surface area contributed by atoms with E-state index in [-0.39, 0.29) is 0 Å². The lowest BCUT2D eigenvalue weighted by molar-refractivity contribution is 0.722. The Kier molecular flexibility index (Phi) is 93.6. The van der Waals surface area contributed by atoms with E-state index >= 15 is 0 Å². The Morgan fingerprint density at radius 1 is 0.0690 bits per heavy atom. The fourth-order valence-corrected chi connectivity index (χ4v) is 2.64. The van der Waals surface area contributed by atoms with Crippen molar-refractivity contribution in [3.05, 3.63) is 0 Å². The van der Waals surface area contributed by atoms with Crippen LogP contribution < -0.4 is 0 Å². The lowest BCUT2D eigenvalue weighted by Crippen LogP contribution is -1.52. The van der Waals surface area contributed by atoms with Gasteiger partial charge in [-0.2, -0.15) is 5.53 Å². The predicted octanol–water partition coefficient (Wildman–Crippen LogP) is 27.1. The van der Waals surface area contributed by atoms with Gasteiger partial charge in [0.05, 0.1) is 4.22 Å². The smallest absolute Gasteiger partial charge is 0.0897 e. The Morgan fingerprint density at radius 3 is 0.152 bits per heavy atom. The van der Waals surface area contributed by atoms with E-state index in [0.29, 0.717) is 0 Å². The first-order chi connectivity index (χ1) is 72.4. The van der Waals surface area contributed by atoms with Gasteiger partial charge in [-0.3, -0.25) is 0 Å². The van der Waals surface area contributed by atoms with E-state index in [1.165, 1.54) is 4.22 Å². The van der Waals surface area contributed by atoms with Crippen molar-refractivity contribution in [3.63, 3.8) is 0 Å². The highest BCUT2D eigenvalue weighted by Crippen LogP contribution is 2.03. The van der Waals surface area contributed by atoms with Crippen LogP contribution in [0, 0.1) is 5.53 Å². The summed E-state index contributed by atoms with van der Waals surface area (Å²) in [6.45, 7) is 0. The first-order valence-electron chi connectivity index (χ1n) is 28.9. The van der Waals surface area contributed by atoms with Crippen molar-refractivity contribution in [2.75, 3.05) is 0 Å². The number of nitrogens with zero attached hydrogens (tertiary/aromatic N) is 142. The molecule has 0 aliphatic heterocycles. The summed E-state index contributed by atoms with van der Waals surface area (Å²) in [5.41, 5.74) is 6.28. The molecule has 0 aromatic heterocycles. The number of halogens is 1. The summed E-state index contributed by atoms with van der Waals surface area (Å²) < 4.78 is 1.33. The number of rotatable bonds is 71. The highest BCUT2D eigenvalue weighted by atomic mass is 127. The summed E-state index contributed by atoms with van der Waals surface area (Å²) in [5.74, 6) is 0. The molecule has 1 N–H and O–H groups in total. The van der Waals surface area contributed by atoms with Gasteiger partial charge in [-0.25, -0.2) is 0 Å². The number of hydrogen-bond donors (Lipinski definition) is 1. The highest BCUT2D eigenvalue weighted by molar-refractivity contribution is 14.1. The van der Waals surface area contributed by atoms with Crippen LogP contribution in [0.3, 0.4) is 0 Å². The van der Waals surface area contributed by atoms with Crippen molar-refractivity contribution in [2.45, 2.75) is 0 Å². The molecule has 0 amide bonds. The molecule has 0 aliphatic carbocycles. The zero-order chi connectivity index (χ0) is 103. The topological polar surface area (TPSA) is 1780 Å². The van der Waals surface area contributed by atoms with Crippen molar-refractivity contribution in [1.82, 2.24) is 0 Å². The van der Waals surface area contributed by atoms with Gasteiger partial charge >= 0.3 is 0 Å². The molecule has 0 bridgehead atoms. The van der Waals surface area contributed by atoms with Crippen molar-refractivity contribution >= 4 is 26.8 Å². The summed E-state index contributed by atoms with van der Waals surface area (Å²) >= 11 is 1.81. The van der Waals surface area contributed by atoms with Crippen LogP contribution in [-0.2, 0) is 0 Å². The van der Waals surface area contributed by atoms with E-state index in [0.717, 1.165) is 0 Å². The second-order valence-electron chi connectivity index (χ2n) is 12.8. The molecular weight excluding hydrogens is 2140 g/mol. The SMILES string of the molecule is N=NN=NN=NN=NN=NN=NN=NN=NN=NN=NN=NN=NN=NN=NN=NN=NN=NN=NN=NN=NN=NN=NN=NN=NN=NN=NN=NN=NN=NN=NN=NN=NN=NN=NN=NN=NN=NN=NN=NN=NN=NN=NN=NN=NN=NN=NN=NN=NN=NN=NN=NN=NN=NN=NN=NN=NN=NN=NN=NN=NN=NN=NN=NN=NN=NN=NN=NN=NN=NN=NN=NN=CI. The summed E-state index contributed by atoms with van der Waals surface area (Å²) in [4.78, 5) is 0. The van der Waals surface area contributed by atoms with Crippen molar-refractivity contribution in [2.24, 2.45) is 742 Å². The first-order valence-corrected chi connectivity index (χ1v) is 30.1. The summed E-state index contributed by atoms with van der Waals surface area (Å²) in [5, 5.41) is 426. The van der Waals surface area contributed by atoms with Crippen LogP contribution in [-0.4, -0.2) is 4.22 Å². The Bertz CT molecular complexity index is 5210. The lowest BCUT2D eigenvalue weighted by atomic mass is 11.7. The van der Waals surface area contributed by atoms with Crippen LogP contribution in [0.15, 0.2) is 742 Å². The molecule has 145 heavy (non-hydrogen) atoms. The predicted molar refractivity (Wildman–Crippen MR) is 368 cm³/mol. The van der Waals surface area contributed by atoms with Crippen LogP contribution in [0.25, 0.3) is 0 Å². The Labute approximate surface area is 772 Å². The van der Waals surface area contributed by atoms with E-state index in [1.54, 1.807) is 0 Å². The van der Waals surface area contributed by atoms with Gasteiger partial charge in [-0.15, -0.1) is 5.10 Å². The zero-order valence-electron chi connectivity index (χ0n) is 65.0. The van der Waals surface area contributed by atoms with Gasteiger partial charge in [0.2, 0.25) is 0 Å². The molecular formula is CH2IN143. The minimum Gasteiger partial charge on any atom is -0.183 e. The lowest BCUT2D eigenvalue weighted by Gasteiger charge is -1.71. The normalized spacial score (nSPS) is 15.8. The monoisotopic (exact) mass is 2140 g/mol. The molecule has 0 atom stereocenters. The van der Waals surface area contributed by atoms with Gasteiger partial charge in [0.1, 0.15) is 0 Å². The van der Waals surface area contributed by atoms with Gasteiger partial charge in [0, 0.05) is 653 Å². The molecule has 0 saturated carbocycles. The molecule has 0 aromatic carbocycles. The summed E-state index contributed by atoms with van der Waals surface area (Å²) in [6.07, 6.45) is 0. The van der Waals surface area contributed by atoms with E-state index in [2.05, 4.69) is 742 Å². The van der Waals surface area contributed by atoms with Crippen LogP contribution in [0.2, 0.25) is 0 Å². The maximum atomic E-state index is 6.28. The fourth-order valence-electron chi connectivity index (χ4n) is 2.53. The number of hydrogen-bond acceptors (Lipinski definition) is 2. The highest BCUT2D eigenvalue weighted by Gasteiger charge is 1.84. The van der Waals surface area contributed by atoms with Gasteiger partial charge in [-0.05, 0) is 106 Å². The van der Waals surface area contributed by atoms with Gasteiger partial charge in [0.15, 0.2) is 0 Å². The molecule has 0 aromatic rings. The molecule has 0 spiro atoms. The summed E-state index contributed by atoms with van der Waals surface area (Å²) in [6, 6.07) is 0.